The lowest BCUT2D eigenvalue weighted by Gasteiger charge is -2.25. The van der Waals surface area contributed by atoms with Crippen LogP contribution in [-0.4, -0.2) is 27.3 Å². The highest BCUT2D eigenvalue weighted by molar-refractivity contribution is 5.48. The Hall–Kier alpha value is -1.22. The van der Waals surface area contributed by atoms with Gasteiger partial charge in [-0.15, -0.1) is 0 Å². The van der Waals surface area contributed by atoms with E-state index in [9.17, 15) is 0 Å². The fraction of sp³-hybridized carbons (Fsp3) is 0.600. The maximum atomic E-state index is 5.56. The van der Waals surface area contributed by atoms with Crippen LogP contribution in [-0.2, 0) is 6.42 Å². The molecule has 3 nitrogen and oxygen atoms in total. The lowest BCUT2D eigenvalue weighted by atomic mass is 9.88. The molecule has 1 heterocycles. The molecule has 0 saturated carbocycles. The smallest absolute Gasteiger partial charge is 0.122 e. The summed E-state index contributed by atoms with van der Waals surface area (Å²) in [4.78, 5) is 0. The standard InChI is InChI=1S/C15H23NO2/c1-4-11-9-15(18-3)13(10-14(11)17-2)12-5-7-16-8-6-12/h9-10,12,16H,4-8H2,1-3H3. The maximum Gasteiger partial charge on any atom is 0.122 e. The molecule has 1 aliphatic heterocycles. The van der Waals surface area contributed by atoms with Gasteiger partial charge in [0, 0.05) is 5.56 Å². The maximum absolute atomic E-state index is 5.56. The van der Waals surface area contributed by atoms with Gasteiger partial charge in [-0.25, -0.2) is 0 Å². The minimum atomic E-state index is 0.584. The molecule has 1 aliphatic rings. The lowest BCUT2D eigenvalue weighted by Crippen LogP contribution is -2.26. The molecule has 2 rings (SSSR count). The Labute approximate surface area is 109 Å². The molecule has 0 aromatic heterocycles. The summed E-state index contributed by atoms with van der Waals surface area (Å²) in [6, 6.07) is 4.31. The van der Waals surface area contributed by atoms with Crippen molar-refractivity contribution in [2.45, 2.75) is 32.1 Å². The first kappa shape index (κ1) is 13.2. The van der Waals surface area contributed by atoms with Crippen molar-refractivity contribution in [2.75, 3.05) is 27.3 Å². The van der Waals surface area contributed by atoms with Crippen LogP contribution in [0.2, 0.25) is 0 Å². The highest BCUT2D eigenvalue weighted by Gasteiger charge is 2.20. The van der Waals surface area contributed by atoms with Gasteiger partial charge in [0.1, 0.15) is 11.5 Å². The largest absolute Gasteiger partial charge is 0.496 e. The third-order valence-electron chi connectivity index (χ3n) is 3.79. The summed E-state index contributed by atoms with van der Waals surface area (Å²) < 4.78 is 11.1. The molecule has 1 saturated heterocycles. The van der Waals surface area contributed by atoms with E-state index in [1.54, 1.807) is 14.2 Å². The summed E-state index contributed by atoms with van der Waals surface area (Å²) in [6.45, 7) is 4.32. The summed E-state index contributed by atoms with van der Waals surface area (Å²) in [5.41, 5.74) is 2.51. The molecule has 1 N–H and O–H groups in total. The van der Waals surface area contributed by atoms with Crippen LogP contribution in [0.1, 0.15) is 36.8 Å². The van der Waals surface area contributed by atoms with Crippen molar-refractivity contribution in [2.24, 2.45) is 0 Å². The normalized spacial score (nSPS) is 16.6. The molecule has 0 spiro atoms. The van der Waals surface area contributed by atoms with E-state index in [-0.39, 0.29) is 0 Å². The van der Waals surface area contributed by atoms with Crippen LogP contribution in [0.15, 0.2) is 12.1 Å². The minimum absolute atomic E-state index is 0.584. The molecule has 0 bridgehead atoms. The van der Waals surface area contributed by atoms with Gasteiger partial charge < -0.3 is 14.8 Å². The van der Waals surface area contributed by atoms with Crippen LogP contribution in [0.4, 0.5) is 0 Å². The molecule has 1 fully saturated rings. The first-order valence-corrected chi connectivity index (χ1v) is 6.75. The third kappa shape index (κ3) is 2.61. The molecule has 18 heavy (non-hydrogen) atoms. The number of nitrogens with one attached hydrogen (secondary N) is 1. The van der Waals surface area contributed by atoms with Crippen molar-refractivity contribution in [3.05, 3.63) is 23.3 Å². The topological polar surface area (TPSA) is 30.5 Å². The van der Waals surface area contributed by atoms with E-state index >= 15 is 0 Å². The fourth-order valence-corrected chi connectivity index (χ4v) is 2.71. The van der Waals surface area contributed by atoms with Gasteiger partial charge in [0.25, 0.3) is 0 Å². The molecule has 0 atom stereocenters. The van der Waals surface area contributed by atoms with Gasteiger partial charge in [0.05, 0.1) is 14.2 Å². The van der Waals surface area contributed by atoms with E-state index in [1.807, 2.05) is 0 Å². The molecule has 0 aliphatic carbocycles. The van der Waals surface area contributed by atoms with Gasteiger partial charge in [-0.2, -0.15) is 0 Å². The second-order valence-corrected chi connectivity index (χ2v) is 4.78. The molecular formula is C15H23NO2. The summed E-state index contributed by atoms with van der Waals surface area (Å²) in [5, 5.41) is 3.40. The second kappa shape index (κ2) is 6.10. The Morgan fingerprint density at radius 3 is 2.33 bits per heavy atom. The highest BCUT2D eigenvalue weighted by Crippen LogP contribution is 2.37. The second-order valence-electron chi connectivity index (χ2n) is 4.78. The highest BCUT2D eigenvalue weighted by atomic mass is 16.5. The average molecular weight is 249 g/mol. The van der Waals surface area contributed by atoms with Crippen molar-refractivity contribution in [3.63, 3.8) is 0 Å². The molecule has 0 radical (unpaired) electrons. The quantitative estimate of drug-likeness (QED) is 0.890. The number of methoxy groups -OCH3 is 2. The van der Waals surface area contributed by atoms with E-state index in [1.165, 1.54) is 24.0 Å². The zero-order valence-electron chi connectivity index (χ0n) is 11.6. The van der Waals surface area contributed by atoms with Crippen LogP contribution in [0, 0.1) is 0 Å². The molecule has 0 amide bonds. The Morgan fingerprint density at radius 1 is 1.11 bits per heavy atom. The van der Waals surface area contributed by atoms with Crippen molar-refractivity contribution in [3.8, 4) is 11.5 Å². The summed E-state index contributed by atoms with van der Waals surface area (Å²) in [5.74, 6) is 2.59. The number of ether oxygens (including phenoxy) is 2. The molecule has 3 heteroatoms. The van der Waals surface area contributed by atoms with Crippen LogP contribution < -0.4 is 14.8 Å². The molecule has 100 valence electrons. The Kier molecular flexibility index (Phi) is 4.48. The predicted octanol–water partition coefficient (Wildman–Crippen LogP) is 2.73. The number of aryl methyl sites for hydroxylation is 1. The predicted molar refractivity (Wildman–Crippen MR) is 73.8 cm³/mol. The van der Waals surface area contributed by atoms with Gasteiger partial charge >= 0.3 is 0 Å². The molecule has 1 aromatic rings. The van der Waals surface area contributed by atoms with Gasteiger partial charge in [-0.3, -0.25) is 0 Å². The van der Waals surface area contributed by atoms with Gasteiger partial charge in [-0.05, 0) is 56.0 Å². The number of piperidine rings is 1. The van der Waals surface area contributed by atoms with Crippen molar-refractivity contribution < 1.29 is 9.47 Å². The number of hydrogen-bond acceptors (Lipinski definition) is 3. The first-order chi connectivity index (χ1) is 8.80. The summed E-state index contributed by atoms with van der Waals surface area (Å²) in [6.07, 6.45) is 3.31. The van der Waals surface area contributed by atoms with E-state index in [2.05, 4.69) is 24.4 Å². The van der Waals surface area contributed by atoms with Crippen LogP contribution in [0.3, 0.4) is 0 Å². The number of benzene rings is 1. The van der Waals surface area contributed by atoms with Crippen LogP contribution in [0.5, 0.6) is 11.5 Å². The van der Waals surface area contributed by atoms with Crippen LogP contribution in [0.25, 0.3) is 0 Å². The zero-order valence-corrected chi connectivity index (χ0v) is 11.6. The third-order valence-corrected chi connectivity index (χ3v) is 3.79. The Balaban J connectivity index is 2.37. The number of rotatable bonds is 4. The SMILES string of the molecule is CCc1cc(OC)c(C2CCNCC2)cc1OC. The van der Waals surface area contributed by atoms with E-state index in [4.69, 9.17) is 9.47 Å². The minimum Gasteiger partial charge on any atom is -0.496 e. The monoisotopic (exact) mass is 249 g/mol. The van der Waals surface area contributed by atoms with Crippen molar-refractivity contribution >= 4 is 0 Å². The zero-order chi connectivity index (χ0) is 13.0. The summed E-state index contributed by atoms with van der Waals surface area (Å²) >= 11 is 0. The summed E-state index contributed by atoms with van der Waals surface area (Å²) in [7, 11) is 3.50. The first-order valence-electron chi connectivity index (χ1n) is 6.75. The van der Waals surface area contributed by atoms with Crippen molar-refractivity contribution in [1.82, 2.24) is 5.32 Å². The van der Waals surface area contributed by atoms with Crippen LogP contribution >= 0.6 is 0 Å². The molecule has 0 unspecified atom stereocenters. The van der Waals surface area contributed by atoms with Crippen molar-refractivity contribution in [1.29, 1.82) is 0 Å². The molecular weight excluding hydrogens is 226 g/mol. The lowest BCUT2D eigenvalue weighted by molar-refractivity contribution is 0.381. The van der Waals surface area contributed by atoms with Gasteiger partial charge in [-0.1, -0.05) is 6.92 Å². The average Bonchev–Trinajstić information content (AvgIpc) is 2.46. The van der Waals surface area contributed by atoms with E-state index in [0.29, 0.717) is 5.92 Å². The Morgan fingerprint density at radius 2 is 1.78 bits per heavy atom. The van der Waals surface area contributed by atoms with Gasteiger partial charge in [0.2, 0.25) is 0 Å². The number of hydrogen-bond donors (Lipinski definition) is 1. The van der Waals surface area contributed by atoms with E-state index < -0.39 is 0 Å². The Bertz CT molecular complexity index is 398. The molecule has 1 aromatic carbocycles. The van der Waals surface area contributed by atoms with E-state index in [0.717, 1.165) is 31.0 Å². The van der Waals surface area contributed by atoms with Gasteiger partial charge in [0.15, 0.2) is 0 Å². The fourth-order valence-electron chi connectivity index (χ4n) is 2.71.